The lowest BCUT2D eigenvalue weighted by Crippen LogP contribution is -2.48. The van der Waals surface area contributed by atoms with Gasteiger partial charge in [0.2, 0.25) is 5.91 Å². The van der Waals surface area contributed by atoms with Crippen LogP contribution in [0.4, 0.5) is 31.1 Å². The Bertz CT molecular complexity index is 574. The van der Waals surface area contributed by atoms with Crippen LogP contribution in [0.25, 0.3) is 0 Å². The van der Waals surface area contributed by atoms with Crippen LogP contribution >= 0.6 is 0 Å². The second-order valence-corrected chi connectivity index (χ2v) is 6.62. The number of nitrogens with zero attached hydrogens (tertiary/aromatic N) is 1. The van der Waals surface area contributed by atoms with Crippen LogP contribution in [0.5, 0.6) is 0 Å². The van der Waals surface area contributed by atoms with Gasteiger partial charge in [-0.1, -0.05) is 13.8 Å². The van der Waals surface area contributed by atoms with Crippen LogP contribution in [0.3, 0.4) is 0 Å². The van der Waals surface area contributed by atoms with E-state index in [0.29, 0.717) is 4.90 Å². The summed E-state index contributed by atoms with van der Waals surface area (Å²) in [5, 5.41) is 9.15. The molecule has 0 radical (unpaired) electrons. The van der Waals surface area contributed by atoms with Gasteiger partial charge >= 0.3 is 24.4 Å². The first kappa shape index (κ1) is 23.0. The molecule has 0 spiro atoms. The number of hydrogen-bond donors (Lipinski definition) is 1. The third-order valence-electron chi connectivity index (χ3n) is 4.22. The van der Waals surface area contributed by atoms with Gasteiger partial charge in [0, 0.05) is 6.42 Å². The topological polar surface area (TPSA) is 83.9 Å². The molecule has 1 fully saturated rings. The van der Waals surface area contributed by atoms with E-state index in [1.165, 1.54) is 0 Å². The van der Waals surface area contributed by atoms with E-state index in [1.54, 1.807) is 13.8 Å². The van der Waals surface area contributed by atoms with Crippen LogP contribution in [-0.4, -0.2) is 53.0 Å². The maximum Gasteiger partial charge on any atom is 0.416 e. The molecule has 1 heterocycles. The van der Waals surface area contributed by atoms with Gasteiger partial charge in [-0.2, -0.15) is 26.3 Å². The Hall–Kier alpha value is -2.01. The second kappa shape index (κ2) is 8.34. The van der Waals surface area contributed by atoms with E-state index in [2.05, 4.69) is 4.74 Å². The van der Waals surface area contributed by atoms with Gasteiger partial charge in [0.05, 0.1) is 24.3 Å². The fraction of sp³-hybridized carbons (Fsp3) is 0.800. The molecule has 3 atom stereocenters. The molecule has 0 saturated carbocycles. The van der Waals surface area contributed by atoms with Crippen LogP contribution in [0.1, 0.15) is 33.1 Å². The Morgan fingerprint density at radius 1 is 1.15 bits per heavy atom. The molecule has 0 aliphatic carbocycles. The highest BCUT2D eigenvalue weighted by Gasteiger charge is 2.49. The molecular formula is C15H19F6NO5. The molecule has 0 aromatic carbocycles. The van der Waals surface area contributed by atoms with Gasteiger partial charge in [0.15, 0.2) is 0 Å². The number of hydrogen-bond acceptors (Lipinski definition) is 4. The van der Waals surface area contributed by atoms with Crippen molar-refractivity contribution in [1.82, 2.24) is 4.90 Å². The van der Waals surface area contributed by atoms with Crippen LogP contribution in [0, 0.1) is 17.8 Å². The summed E-state index contributed by atoms with van der Waals surface area (Å²) in [6.45, 7) is 2.83. The minimum atomic E-state index is -5.02. The summed E-state index contributed by atoms with van der Waals surface area (Å²) in [5.74, 6) is -8.53. The highest BCUT2D eigenvalue weighted by Crippen LogP contribution is 2.36. The molecule has 1 saturated heterocycles. The van der Waals surface area contributed by atoms with Crippen molar-refractivity contribution >= 4 is 18.0 Å². The highest BCUT2D eigenvalue weighted by molar-refractivity contribution is 5.96. The smallest absolute Gasteiger partial charge is 0.416 e. The highest BCUT2D eigenvalue weighted by atomic mass is 19.4. The molecule has 0 aromatic heterocycles. The van der Waals surface area contributed by atoms with Crippen molar-refractivity contribution in [2.24, 2.45) is 17.8 Å². The average molecular weight is 407 g/mol. The first-order valence-corrected chi connectivity index (χ1v) is 8.00. The summed E-state index contributed by atoms with van der Waals surface area (Å²) >= 11 is 0. The van der Waals surface area contributed by atoms with E-state index in [0.717, 1.165) is 0 Å². The van der Waals surface area contributed by atoms with Gasteiger partial charge in [-0.3, -0.25) is 9.59 Å². The summed E-state index contributed by atoms with van der Waals surface area (Å²) in [7, 11) is 0. The summed E-state index contributed by atoms with van der Waals surface area (Å²) in [6.07, 6.45) is -15.9. The molecule has 12 heteroatoms. The molecule has 0 bridgehead atoms. The summed E-state index contributed by atoms with van der Waals surface area (Å²) in [6, 6.07) is -0.933. The van der Waals surface area contributed by atoms with Gasteiger partial charge in [0.25, 0.3) is 0 Å². The maximum atomic E-state index is 12.9. The number of aliphatic carboxylic acids is 1. The first-order valence-electron chi connectivity index (χ1n) is 8.00. The number of alkyl halides is 6. The maximum absolute atomic E-state index is 12.9. The SMILES string of the molecule is CC(C)[C@H]1COC(=O)N1C(=O)[C@H](CC(F)(F)F)C(CCC(F)(F)F)C(=O)O. The Morgan fingerprint density at radius 3 is 2.11 bits per heavy atom. The Morgan fingerprint density at radius 2 is 1.70 bits per heavy atom. The van der Waals surface area contributed by atoms with Gasteiger partial charge < -0.3 is 9.84 Å². The van der Waals surface area contributed by atoms with Gasteiger partial charge in [-0.15, -0.1) is 0 Å². The zero-order valence-electron chi connectivity index (χ0n) is 14.4. The van der Waals surface area contributed by atoms with Crippen molar-refractivity contribution in [2.75, 3.05) is 6.61 Å². The lowest BCUT2D eigenvalue weighted by molar-refractivity contribution is -0.172. The fourth-order valence-corrected chi connectivity index (χ4v) is 2.83. The van der Waals surface area contributed by atoms with Crippen LogP contribution < -0.4 is 0 Å². The fourth-order valence-electron chi connectivity index (χ4n) is 2.83. The van der Waals surface area contributed by atoms with Crippen molar-refractivity contribution < 1.29 is 50.6 Å². The van der Waals surface area contributed by atoms with E-state index >= 15 is 0 Å². The molecule has 1 unspecified atom stereocenters. The number of carbonyl (C=O) groups excluding carboxylic acids is 2. The van der Waals surface area contributed by atoms with Crippen molar-refractivity contribution in [2.45, 2.75) is 51.5 Å². The zero-order valence-corrected chi connectivity index (χ0v) is 14.4. The molecule has 1 aliphatic rings. The molecule has 6 nitrogen and oxygen atoms in total. The molecule has 1 N–H and O–H groups in total. The van der Waals surface area contributed by atoms with Crippen LogP contribution in [0.15, 0.2) is 0 Å². The van der Waals surface area contributed by atoms with Crippen LogP contribution in [-0.2, 0) is 14.3 Å². The standard InChI is InChI=1S/C15H19F6NO5/c1-7(2)10-6-27-13(26)22(10)11(23)9(5-15(19,20)21)8(12(24)25)3-4-14(16,17)18/h7-10H,3-6H2,1-2H3,(H,24,25)/t8?,9-,10-/m1/s1. The minimum Gasteiger partial charge on any atom is -0.481 e. The molecular weight excluding hydrogens is 388 g/mol. The van der Waals surface area contributed by atoms with Gasteiger partial charge in [-0.25, -0.2) is 9.69 Å². The van der Waals surface area contributed by atoms with Crippen molar-refractivity contribution in [3.63, 3.8) is 0 Å². The van der Waals surface area contributed by atoms with E-state index in [4.69, 9.17) is 5.11 Å². The zero-order chi connectivity index (χ0) is 21.2. The van der Waals surface area contributed by atoms with Crippen molar-refractivity contribution in [3.05, 3.63) is 0 Å². The minimum absolute atomic E-state index is 0.290. The summed E-state index contributed by atoms with van der Waals surface area (Å²) < 4.78 is 80.6. The number of halogens is 6. The Labute approximate surface area is 150 Å². The van der Waals surface area contributed by atoms with Gasteiger partial charge in [-0.05, 0) is 12.3 Å². The largest absolute Gasteiger partial charge is 0.481 e. The van der Waals surface area contributed by atoms with Crippen molar-refractivity contribution in [1.29, 1.82) is 0 Å². The number of imide groups is 1. The number of amides is 2. The molecule has 27 heavy (non-hydrogen) atoms. The Balaban J connectivity index is 3.22. The monoisotopic (exact) mass is 407 g/mol. The normalized spacial score (nSPS) is 20.6. The number of rotatable bonds is 7. The average Bonchev–Trinajstić information content (AvgIpc) is 2.84. The van der Waals surface area contributed by atoms with E-state index < -0.39 is 73.4 Å². The molecule has 0 aromatic rings. The summed E-state index contributed by atoms with van der Waals surface area (Å²) in [4.78, 5) is 36.1. The molecule has 156 valence electrons. The molecule has 1 rings (SSSR count). The van der Waals surface area contributed by atoms with Gasteiger partial charge in [0.1, 0.15) is 6.61 Å². The summed E-state index contributed by atoms with van der Waals surface area (Å²) in [5.41, 5.74) is 0. The van der Waals surface area contributed by atoms with Crippen molar-refractivity contribution in [3.8, 4) is 0 Å². The number of carboxylic acids is 1. The number of cyclic esters (lactones) is 1. The third-order valence-corrected chi connectivity index (χ3v) is 4.22. The third kappa shape index (κ3) is 6.58. The van der Waals surface area contributed by atoms with E-state index in [9.17, 15) is 40.7 Å². The lowest BCUT2D eigenvalue weighted by Gasteiger charge is -2.30. The number of carbonyl (C=O) groups is 3. The van der Waals surface area contributed by atoms with E-state index in [-0.39, 0.29) is 6.61 Å². The molecule has 1 aliphatic heterocycles. The van der Waals surface area contributed by atoms with E-state index in [1.807, 2.05) is 0 Å². The molecule has 2 amide bonds. The first-order chi connectivity index (χ1) is 12.1. The predicted octanol–water partition coefficient (Wildman–Crippen LogP) is 3.60. The number of ether oxygens (including phenoxy) is 1. The quantitative estimate of drug-likeness (QED) is 0.652. The number of carboxylic acid groups (broad SMARTS) is 1. The van der Waals surface area contributed by atoms with Crippen LogP contribution in [0.2, 0.25) is 0 Å². The lowest BCUT2D eigenvalue weighted by atomic mass is 9.84. The predicted molar refractivity (Wildman–Crippen MR) is 77.4 cm³/mol. The second-order valence-electron chi connectivity index (χ2n) is 6.62. The Kier molecular flexibility index (Phi) is 7.11.